The van der Waals surface area contributed by atoms with Crippen molar-refractivity contribution in [1.29, 1.82) is 0 Å². The lowest BCUT2D eigenvalue weighted by atomic mass is 9.94. The zero-order valence-corrected chi connectivity index (χ0v) is 17.0. The molecule has 2 aromatic carbocycles. The van der Waals surface area contributed by atoms with Crippen molar-refractivity contribution in [3.05, 3.63) is 71.4 Å². The number of imide groups is 1. The predicted molar refractivity (Wildman–Crippen MR) is 117 cm³/mol. The fraction of sp³-hybridized carbons (Fsp3) is 0.130. The summed E-state index contributed by atoms with van der Waals surface area (Å²) in [4.78, 5) is 25.7. The molecule has 0 aliphatic carbocycles. The molecule has 2 N–H and O–H groups in total. The average Bonchev–Trinajstić information content (AvgIpc) is 3.36. The molecule has 4 heterocycles. The van der Waals surface area contributed by atoms with E-state index < -0.39 is 17.6 Å². The summed E-state index contributed by atoms with van der Waals surface area (Å²) >= 11 is 0. The number of nitrogens with one attached hydrogen (secondary N) is 2. The number of furan rings is 1. The first-order valence-electron chi connectivity index (χ1n) is 9.71. The van der Waals surface area contributed by atoms with Crippen molar-refractivity contribution in [2.24, 2.45) is 0 Å². The van der Waals surface area contributed by atoms with Crippen LogP contribution in [-0.4, -0.2) is 22.9 Å². The van der Waals surface area contributed by atoms with Crippen LogP contribution in [0, 0.1) is 5.82 Å². The highest BCUT2D eigenvalue weighted by atomic mass is 35.5. The number of halogens is 2. The molecule has 0 radical (unpaired) electrons. The van der Waals surface area contributed by atoms with Gasteiger partial charge in [-0.15, -0.1) is 12.4 Å². The first kappa shape index (κ1) is 19.5. The third-order valence-corrected chi connectivity index (χ3v) is 5.81. The lowest BCUT2D eigenvalue weighted by molar-refractivity contribution is -0.122. The Labute approximate surface area is 182 Å². The van der Waals surface area contributed by atoms with Gasteiger partial charge in [-0.05, 0) is 23.8 Å². The topological polar surface area (TPSA) is 76.3 Å². The van der Waals surface area contributed by atoms with Crippen LogP contribution in [0.1, 0.15) is 16.7 Å². The molecule has 6 nitrogen and oxygen atoms in total. The summed E-state index contributed by atoms with van der Waals surface area (Å²) < 4.78 is 22.0. The van der Waals surface area contributed by atoms with E-state index in [1.54, 1.807) is 6.07 Å². The van der Waals surface area contributed by atoms with Crippen molar-refractivity contribution in [2.75, 3.05) is 6.54 Å². The highest BCUT2D eigenvalue weighted by molar-refractivity contribution is 6.50. The molecule has 0 fully saturated rings. The molecule has 0 atom stereocenters. The molecule has 156 valence electrons. The molecule has 0 saturated heterocycles. The fourth-order valence-corrected chi connectivity index (χ4v) is 4.58. The Kier molecular flexibility index (Phi) is 4.46. The van der Waals surface area contributed by atoms with Gasteiger partial charge in [0.05, 0.1) is 22.9 Å². The standard InChI is InChI=1S/C23H16FN3O3.ClH/c24-14-8-12-4-7-30-21(12)16(9-14)18-19(23(29)26-22(18)28)17-11-27-6-5-25-10-13-2-1-3-15(17)20(13)27;/h1-4,7-9,11,25H,5-6,10H2,(H,26,28,29);1H. The third-order valence-electron chi connectivity index (χ3n) is 5.81. The highest BCUT2D eigenvalue weighted by Crippen LogP contribution is 2.39. The molecule has 0 bridgehead atoms. The molecular weight excluding hydrogens is 421 g/mol. The summed E-state index contributed by atoms with van der Waals surface area (Å²) in [7, 11) is 0. The van der Waals surface area contributed by atoms with Crippen molar-refractivity contribution < 1.29 is 18.4 Å². The van der Waals surface area contributed by atoms with Crippen LogP contribution in [0.25, 0.3) is 33.0 Å². The molecule has 0 spiro atoms. The number of nitrogens with zero attached hydrogens (tertiary/aromatic N) is 1. The first-order valence-corrected chi connectivity index (χ1v) is 9.71. The van der Waals surface area contributed by atoms with E-state index in [4.69, 9.17) is 4.42 Å². The van der Waals surface area contributed by atoms with E-state index in [0.717, 1.165) is 36.1 Å². The van der Waals surface area contributed by atoms with E-state index in [1.165, 1.54) is 18.4 Å². The Morgan fingerprint density at radius 1 is 1.03 bits per heavy atom. The van der Waals surface area contributed by atoms with E-state index in [9.17, 15) is 14.0 Å². The number of hydrogen-bond acceptors (Lipinski definition) is 4. The Balaban J connectivity index is 0.00000204. The van der Waals surface area contributed by atoms with Gasteiger partial charge in [0, 0.05) is 47.7 Å². The zero-order valence-electron chi connectivity index (χ0n) is 16.2. The second-order valence-corrected chi connectivity index (χ2v) is 7.55. The zero-order chi connectivity index (χ0) is 20.4. The van der Waals surface area contributed by atoms with Gasteiger partial charge in [0.1, 0.15) is 11.4 Å². The van der Waals surface area contributed by atoms with E-state index in [2.05, 4.69) is 21.3 Å². The lowest BCUT2D eigenvalue weighted by Gasteiger charge is -2.06. The molecule has 2 amide bonds. The third kappa shape index (κ3) is 2.81. The number of rotatable bonds is 2. The number of hydrogen-bond donors (Lipinski definition) is 2. The molecule has 8 heteroatoms. The Morgan fingerprint density at radius 3 is 2.68 bits per heavy atom. The van der Waals surface area contributed by atoms with Crippen molar-refractivity contribution in [3.8, 4) is 0 Å². The van der Waals surface area contributed by atoms with Crippen LogP contribution < -0.4 is 10.6 Å². The maximum absolute atomic E-state index is 14.3. The summed E-state index contributed by atoms with van der Waals surface area (Å²) in [5.41, 5.74) is 3.87. The largest absolute Gasteiger partial charge is 0.464 e. The summed E-state index contributed by atoms with van der Waals surface area (Å²) in [5.74, 6) is -1.54. The van der Waals surface area contributed by atoms with E-state index >= 15 is 0 Å². The van der Waals surface area contributed by atoms with Gasteiger partial charge >= 0.3 is 0 Å². The van der Waals surface area contributed by atoms with Gasteiger partial charge in [0.2, 0.25) is 0 Å². The van der Waals surface area contributed by atoms with Gasteiger partial charge in [-0.1, -0.05) is 18.2 Å². The van der Waals surface area contributed by atoms with Crippen LogP contribution in [0.5, 0.6) is 0 Å². The van der Waals surface area contributed by atoms with Gasteiger partial charge in [-0.25, -0.2) is 4.39 Å². The van der Waals surface area contributed by atoms with E-state index in [-0.39, 0.29) is 29.1 Å². The minimum absolute atomic E-state index is 0. The SMILES string of the molecule is Cl.O=C1NC(=O)C(c2cc(F)cc3ccoc23)=C1c1cn2c3c(cccc13)CNCC2. The van der Waals surface area contributed by atoms with Crippen molar-refractivity contribution in [1.82, 2.24) is 15.2 Å². The Bertz CT molecular complexity index is 1430. The number of amides is 2. The molecule has 0 saturated carbocycles. The molecule has 6 rings (SSSR count). The smallest absolute Gasteiger partial charge is 0.259 e. The molecule has 2 aliphatic heterocycles. The summed E-state index contributed by atoms with van der Waals surface area (Å²) in [5, 5.41) is 7.20. The van der Waals surface area contributed by atoms with Gasteiger partial charge in [-0.3, -0.25) is 14.9 Å². The number of benzene rings is 2. The lowest BCUT2D eigenvalue weighted by Crippen LogP contribution is -2.22. The monoisotopic (exact) mass is 437 g/mol. The molecule has 2 aromatic heterocycles. The van der Waals surface area contributed by atoms with Crippen LogP contribution in [0.15, 0.2) is 53.3 Å². The van der Waals surface area contributed by atoms with Crippen LogP contribution in [0.2, 0.25) is 0 Å². The second kappa shape index (κ2) is 7.08. The van der Waals surface area contributed by atoms with Crippen LogP contribution >= 0.6 is 12.4 Å². The van der Waals surface area contributed by atoms with Gasteiger partial charge in [-0.2, -0.15) is 0 Å². The second-order valence-electron chi connectivity index (χ2n) is 7.55. The highest BCUT2D eigenvalue weighted by Gasteiger charge is 2.35. The quantitative estimate of drug-likeness (QED) is 0.470. The van der Waals surface area contributed by atoms with Crippen molar-refractivity contribution in [2.45, 2.75) is 13.1 Å². The Hall–Kier alpha value is -3.42. The number of aromatic nitrogens is 1. The molecule has 31 heavy (non-hydrogen) atoms. The van der Waals surface area contributed by atoms with E-state index in [1.807, 2.05) is 18.3 Å². The first-order chi connectivity index (χ1) is 14.6. The van der Waals surface area contributed by atoms with Crippen LogP contribution in [0.3, 0.4) is 0 Å². The fourth-order valence-electron chi connectivity index (χ4n) is 4.58. The molecule has 2 aliphatic rings. The number of carbonyl (C=O) groups is 2. The number of carbonyl (C=O) groups excluding carboxylic acids is 2. The normalized spacial score (nSPS) is 16.0. The summed E-state index contributed by atoms with van der Waals surface area (Å²) in [6, 6.07) is 10.2. The number of para-hydroxylation sites is 1. The minimum atomic E-state index is -0.552. The van der Waals surface area contributed by atoms with Crippen LogP contribution in [-0.2, 0) is 22.7 Å². The minimum Gasteiger partial charge on any atom is -0.464 e. The molecule has 0 unspecified atom stereocenters. The maximum atomic E-state index is 14.3. The van der Waals surface area contributed by atoms with E-state index in [0.29, 0.717) is 16.5 Å². The van der Waals surface area contributed by atoms with Crippen molar-refractivity contribution >= 4 is 57.2 Å². The van der Waals surface area contributed by atoms with Gasteiger partial charge in [0.25, 0.3) is 11.8 Å². The maximum Gasteiger partial charge on any atom is 0.259 e. The van der Waals surface area contributed by atoms with Crippen LogP contribution in [0.4, 0.5) is 4.39 Å². The Morgan fingerprint density at radius 2 is 1.84 bits per heavy atom. The average molecular weight is 438 g/mol. The van der Waals surface area contributed by atoms with Gasteiger partial charge < -0.3 is 14.3 Å². The van der Waals surface area contributed by atoms with Gasteiger partial charge in [0.15, 0.2) is 0 Å². The molecule has 4 aromatic rings. The number of fused-ring (bicyclic) bond motifs is 1. The predicted octanol–water partition coefficient (Wildman–Crippen LogP) is 3.62. The molecular formula is C23H17ClFN3O3. The summed E-state index contributed by atoms with van der Waals surface area (Å²) in [6.07, 6.45) is 3.35. The van der Waals surface area contributed by atoms with Crippen molar-refractivity contribution in [3.63, 3.8) is 0 Å². The summed E-state index contributed by atoms with van der Waals surface area (Å²) in [6.45, 7) is 2.27.